The first-order valence-corrected chi connectivity index (χ1v) is 5.07. The van der Waals surface area contributed by atoms with Crippen LogP contribution in [0.3, 0.4) is 0 Å². The Labute approximate surface area is 80.7 Å². The highest BCUT2D eigenvalue weighted by atomic mass is 32.1. The SMILES string of the molecule is COC(=O)C1CNc2ccsc2C1. The van der Waals surface area contributed by atoms with E-state index in [0.717, 1.165) is 6.42 Å². The quantitative estimate of drug-likeness (QED) is 0.693. The normalized spacial score (nSPS) is 20.2. The summed E-state index contributed by atoms with van der Waals surface area (Å²) in [7, 11) is 1.44. The Bertz CT molecular complexity index is 321. The summed E-state index contributed by atoms with van der Waals surface area (Å²) in [6.07, 6.45) is 0.812. The maximum Gasteiger partial charge on any atom is 0.310 e. The predicted molar refractivity (Wildman–Crippen MR) is 52.0 cm³/mol. The van der Waals surface area contributed by atoms with E-state index in [9.17, 15) is 4.79 Å². The van der Waals surface area contributed by atoms with Crippen molar-refractivity contribution in [3.8, 4) is 0 Å². The topological polar surface area (TPSA) is 38.3 Å². The van der Waals surface area contributed by atoms with Crippen LogP contribution >= 0.6 is 11.3 Å². The van der Waals surface area contributed by atoms with Gasteiger partial charge in [0.25, 0.3) is 0 Å². The molecule has 0 amide bonds. The fourth-order valence-corrected chi connectivity index (χ4v) is 2.45. The van der Waals surface area contributed by atoms with Crippen molar-refractivity contribution in [1.82, 2.24) is 0 Å². The lowest BCUT2D eigenvalue weighted by molar-refractivity contribution is -0.144. The van der Waals surface area contributed by atoms with Crippen LogP contribution in [0, 0.1) is 5.92 Å². The number of carbonyl (C=O) groups excluding carboxylic acids is 1. The van der Waals surface area contributed by atoms with E-state index in [0.29, 0.717) is 6.54 Å². The Morgan fingerprint density at radius 2 is 2.62 bits per heavy atom. The van der Waals surface area contributed by atoms with Crippen molar-refractivity contribution in [2.45, 2.75) is 6.42 Å². The lowest BCUT2D eigenvalue weighted by Gasteiger charge is -2.21. The lowest BCUT2D eigenvalue weighted by atomic mass is 10.0. The second kappa shape index (κ2) is 3.38. The van der Waals surface area contributed by atoms with Gasteiger partial charge in [0, 0.05) is 17.1 Å². The fraction of sp³-hybridized carbons (Fsp3) is 0.444. The van der Waals surface area contributed by atoms with Crippen LogP contribution in [-0.2, 0) is 16.0 Å². The van der Waals surface area contributed by atoms with Crippen molar-refractivity contribution >= 4 is 23.0 Å². The molecule has 1 unspecified atom stereocenters. The lowest BCUT2D eigenvalue weighted by Crippen LogP contribution is -2.29. The van der Waals surface area contributed by atoms with Gasteiger partial charge in [-0.2, -0.15) is 0 Å². The molecule has 0 bridgehead atoms. The maximum absolute atomic E-state index is 11.2. The smallest absolute Gasteiger partial charge is 0.310 e. The molecule has 2 heterocycles. The van der Waals surface area contributed by atoms with Crippen LogP contribution in [0.1, 0.15) is 4.88 Å². The van der Waals surface area contributed by atoms with Gasteiger partial charge in [-0.15, -0.1) is 11.3 Å². The first-order valence-electron chi connectivity index (χ1n) is 4.19. The molecule has 0 radical (unpaired) electrons. The van der Waals surface area contributed by atoms with Gasteiger partial charge in [0.2, 0.25) is 0 Å². The number of esters is 1. The number of anilines is 1. The summed E-state index contributed by atoms with van der Waals surface area (Å²) in [5.74, 6) is -0.136. The first-order chi connectivity index (χ1) is 6.31. The summed E-state index contributed by atoms with van der Waals surface area (Å²) in [6, 6.07) is 2.05. The van der Waals surface area contributed by atoms with Crippen molar-refractivity contribution in [2.75, 3.05) is 19.0 Å². The van der Waals surface area contributed by atoms with E-state index in [4.69, 9.17) is 4.74 Å². The summed E-state index contributed by atoms with van der Waals surface area (Å²) in [5.41, 5.74) is 1.17. The molecule has 3 nitrogen and oxygen atoms in total. The largest absolute Gasteiger partial charge is 0.469 e. The van der Waals surface area contributed by atoms with Crippen molar-refractivity contribution in [3.05, 3.63) is 16.3 Å². The van der Waals surface area contributed by atoms with Crippen LogP contribution in [0.5, 0.6) is 0 Å². The number of ether oxygens (including phenoxy) is 1. The van der Waals surface area contributed by atoms with E-state index in [1.165, 1.54) is 17.7 Å². The maximum atomic E-state index is 11.2. The average Bonchev–Trinajstić information content (AvgIpc) is 2.63. The minimum Gasteiger partial charge on any atom is -0.469 e. The van der Waals surface area contributed by atoms with Crippen LogP contribution in [-0.4, -0.2) is 19.6 Å². The molecule has 0 aliphatic carbocycles. The average molecular weight is 197 g/mol. The highest BCUT2D eigenvalue weighted by Crippen LogP contribution is 2.29. The summed E-state index contributed by atoms with van der Waals surface area (Å²) in [6.45, 7) is 0.691. The van der Waals surface area contributed by atoms with Gasteiger partial charge >= 0.3 is 5.97 Å². The van der Waals surface area contributed by atoms with E-state index in [1.807, 2.05) is 11.4 Å². The molecule has 1 atom stereocenters. The molecule has 1 aliphatic rings. The van der Waals surface area contributed by atoms with E-state index >= 15 is 0 Å². The van der Waals surface area contributed by atoms with Crippen molar-refractivity contribution in [1.29, 1.82) is 0 Å². The van der Waals surface area contributed by atoms with Gasteiger partial charge in [0.05, 0.1) is 13.0 Å². The second-order valence-corrected chi connectivity index (χ2v) is 4.06. The molecule has 1 aliphatic heterocycles. The van der Waals surface area contributed by atoms with E-state index in [2.05, 4.69) is 5.32 Å². The first kappa shape index (κ1) is 8.56. The summed E-state index contributed by atoms with van der Waals surface area (Å²) in [5, 5.41) is 5.26. The zero-order valence-corrected chi connectivity index (χ0v) is 8.19. The third kappa shape index (κ3) is 1.54. The standard InChI is InChI=1S/C9H11NO2S/c1-12-9(11)6-4-8-7(10-5-6)2-3-13-8/h2-3,6,10H,4-5H2,1H3. The second-order valence-electron chi connectivity index (χ2n) is 3.06. The zero-order valence-electron chi connectivity index (χ0n) is 7.37. The van der Waals surface area contributed by atoms with E-state index in [1.54, 1.807) is 11.3 Å². The van der Waals surface area contributed by atoms with Crippen LogP contribution in [0.4, 0.5) is 5.69 Å². The molecular weight excluding hydrogens is 186 g/mol. The number of fused-ring (bicyclic) bond motifs is 1. The summed E-state index contributed by atoms with van der Waals surface area (Å²) >= 11 is 1.69. The fourth-order valence-electron chi connectivity index (χ4n) is 1.52. The Balaban J connectivity index is 2.13. The molecule has 70 valence electrons. The molecule has 2 rings (SSSR count). The van der Waals surface area contributed by atoms with Gasteiger partial charge in [-0.05, 0) is 17.9 Å². The number of methoxy groups -OCH3 is 1. The van der Waals surface area contributed by atoms with Gasteiger partial charge in [0.1, 0.15) is 0 Å². The van der Waals surface area contributed by atoms with Crippen LogP contribution in [0.15, 0.2) is 11.4 Å². The number of hydrogen-bond acceptors (Lipinski definition) is 4. The van der Waals surface area contributed by atoms with E-state index < -0.39 is 0 Å². The van der Waals surface area contributed by atoms with Gasteiger partial charge in [-0.25, -0.2) is 0 Å². The van der Waals surface area contributed by atoms with Crippen molar-refractivity contribution in [2.24, 2.45) is 5.92 Å². The molecule has 1 N–H and O–H groups in total. The molecule has 1 aromatic heterocycles. The molecule has 0 aromatic carbocycles. The number of hydrogen-bond donors (Lipinski definition) is 1. The van der Waals surface area contributed by atoms with Crippen LogP contribution in [0.25, 0.3) is 0 Å². The number of nitrogens with one attached hydrogen (secondary N) is 1. The minimum absolute atomic E-state index is 0.0175. The Morgan fingerprint density at radius 3 is 3.38 bits per heavy atom. The van der Waals surface area contributed by atoms with Crippen LogP contribution < -0.4 is 5.32 Å². The molecule has 0 spiro atoms. The predicted octanol–water partition coefficient (Wildman–Crippen LogP) is 1.51. The van der Waals surface area contributed by atoms with Gasteiger partial charge in [-0.3, -0.25) is 4.79 Å². The Hall–Kier alpha value is -1.03. The zero-order chi connectivity index (χ0) is 9.26. The number of carbonyl (C=O) groups is 1. The minimum atomic E-state index is -0.119. The Morgan fingerprint density at radius 1 is 1.77 bits per heavy atom. The molecule has 0 saturated carbocycles. The third-order valence-corrected chi connectivity index (χ3v) is 3.19. The van der Waals surface area contributed by atoms with Gasteiger partial charge < -0.3 is 10.1 Å². The monoisotopic (exact) mass is 197 g/mol. The van der Waals surface area contributed by atoms with Gasteiger partial charge in [0.15, 0.2) is 0 Å². The molecular formula is C9H11NO2S. The van der Waals surface area contributed by atoms with E-state index in [-0.39, 0.29) is 11.9 Å². The summed E-state index contributed by atoms with van der Waals surface area (Å²) < 4.78 is 4.71. The molecule has 4 heteroatoms. The molecule has 0 saturated heterocycles. The van der Waals surface area contributed by atoms with Crippen LogP contribution in [0.2, 0.25) is 0 Å². The van der Waals surface area contributed by atoms with Crippen molar-refractivity contribution in [3.63, 3.8) is 0 Å². The molecule has 0 fully saturated rings. The number of rotatable bonds is 1. The highest BCUT2D eigenvalue weighted by molar-refractivity contribution is 7.10. The number of thiophene rings is 1. The molecule has 1 aromatic rings. The molecule has 13 heavy (non-hydrogen) atoms. The highest BCUT2D eigenvalue weighted by Gasteiger charge is 2.25. The van der Waals surface area contributed by atoms with Gasteiger partial charge in [-0.1, -0.05) is 0 Å². The Kier molecular flexibility index (Phi) is 2.22. The summed E-state index contributed by atoms with van der Waals surface area (Å²) in [4.78, 5) is 12.5. The van der Waals surface area contributed by atoms with Crippen molar-refractivity contribution < 1.29 is 9.53 Å². The third-order valence-electron chi connectivity index (χ3n) is 2.25.